The van der Waals surface area contributed by atoms with Gasteiger partial charge in [-0.05, 0) is 42.0 Å². The Balaban J connectivity index is 1.83. The van der Waals surface area contributed by atoms with Crippen molar-refractivity contribution in [3.63, 3.8) is 0 Å². The second-order valence-corrected chi connectivity index (χ2v) is 7.25. The van der Waals surface area contributed by atoms with Crippen molar-refractivity contribution in [2.45, 2.75) is 12.5 Å². The summed E-state index contributed by atoms with van der Waals surface area (Å²) in [5.41, 5.74) is 1.38. The number of nitrogens with one attached hydrogen (secondary N) is 2. The molecule has 3 rings (SSSR count). The molecule has 0 bridgehead atoms. The molecule has 7 heteroatoms. The van der Waals surface area contributed by atoms with Crippen LogP contribution in [0.25, 0.3) is 0 Å². The van der Waals surface area contributed by atoms with Gasteiger partial charge >= 0.3 is 0 Å². The molecule has 3 aromatic rings. The molecule has 0 heterocycles. The fourth-order valence-electron chi connectivity index (χ4n) is 2.78. The summed E-state index contributed by atoms with van der Waals surface area (Å²) in [6.07, 6.45) is 0.264. The standard InChI is InChI=1S/C22H18Cl2N2O3/c23-15-7-4-8-17(12-15)25-22(29)19(11-14-5-2-1-3-6-14)26-21(28)18-13-16(24)9-10-20(18)27/h1-10,12-13,19,27H,11H2,(H,25,29)(H,26,28)/t19-/m0/s1. The lowest BCUT2D eigenvalue weighted by atomic mass is 10.0. The van der Waals surface area contributed by atoms with Crippen LogP contribution in [0, 0.1) is 0 Å². The number of hydrogen-bond acceptors (Lipinski definition) is 3. The molecule has 0 fully saturated rings. The summed E-state index contributed by atoms with van der Waals surface area (Å²) >= 11 is 11.9. The number of anilines is 1. The normalized spacial score (nSPS) is 11.5. The molecule has 0 aromatic heterocycles. The summed E-state index contributed by atoms with van der Waals surface area (Å²) in [4.78, 5) is 25.6. The third-order valence-corrected chi connectivity index (χ3v) is 4.67. The molecule has 2 amide bonds. The van der Waals surface area contributed by atoms with Crippen molar-refractivity contribution in [3.8, 4) is 5.75 Å². The van der Waals surface area contributed by atoms with Gasteiger partial charge in [0, 0.05) is 22.2 Å². The molecule has 0 spiro atoms. The zero-order chi connectivity index (χ0) is 20.8. The number of phenolic OH excluding ortho intramolecular Hbond substituents is 1. The van der Waals surface area contributed by atoms with Crippen LogP contribution in [0.15, 0.2) is 72.8 Å². The first kappa shape index (κ1) is 20.7. The van der Waals surface area contributed by atoms with Crippen molar-refractivity contribution in [2.24, 2.45) is 0 Å². The number of carbonyl (C=O) groups excluding carboxylic acids is 2. The SMILES string of the molecule is O=C(N[C@@H](Cc1ccccc1)C(=O)Nc1cccc(Cl)c1)c1cc(Cl)ccc1O. The number of carbonyl (C=O) groups is 2. The first-order valence-electron chi connectivity index (χ1n) is 8.82. The molecular weight excluding hydrogens is 411 g/mol. The number of halogens is 2. The minimum atomic E-state index is -0.887. The maximum atomic E-state index is 12.9. The van der Waals surface area contributed by atoms with Gasteiger partial charge in [-0.1, -0.05) is 59.6 Å². The van der Waals surface area contributed by atoms with Crippen LogP contribution in [0.5, 0.6) is 5.75 Å². The summed E-state index contributed by atoms with van der Waals surface area (Å²) in [6, 6.07) is 19.3. The number of aromatic hydroxyl groups is 1. The van der Waals surface area contributed by atoms with Gasteiger partial charge in [0.15, 0.2) is 0 Å². The maximum absolute atomic E-state index is 12.9. The fourth-order valence-corrected chi connectivity index (χ4v) is 3.14. The highest BCUT2D eigenvalue weighted by Crippen LogP contribution is 2.22. The highest BCUT2D eigenvalue weighted by atomic mass is 35.5. The minimum absolute atomic E-state index is 0.00822. The number of hydrogen-bond donors (Lipinski definition) is 3. The van der Waals surface area contributed by atoms with E-state index in [1.807, 2.05) is 30.3 Å². The molecule has 0 aliphatic rings. The van der Waals surface area contributed by atoms with Gasteiger partial charge in [-0.25, -0.2) is 0 Å². The predicted molar refractivity (Wildman–Crippen MR) is 115 cm³/mol. The average molecular weight is 429 g/mol. The first-order valence-corrected chi connectivity index (χ1v) is 9.57. The molecule has 0 radical (unpaired) electrons. The zero-order valence-corrected chi connectivity index (χ0v) is 16.7. The fraction of sp³-hybridized carbons (Fsp3) is 0.0909. The van der Waals surface area contributed by atoms with E-state index in [2.05, 4.69) is 10.6 Å². The summed E-state index contributed by atoms with van der Waals surface area (Å²) in [5.74, 6) is -1.24. The van der Waals surface area contributed by atoms with Crippen LogP contribution >= 0.6 is 23.2 Å². The Bertz CT molecular complexity index is 1030. The van der Waals surface area contributed by atoms with Crippen LogP contribution in [0.3, 0.4) is 0 Å². The van der Waals surface area contributed by atoms with E-state index in [0.29, 0.717) is 15.7 Å². The summed E-state index contributed by atoms with van der Waals surface area (Å²) in [7, 11) is 0. The van der Waals surface area contributed by atoms with E-state index in [0.717, 1.165) is 5.56 Å². The largest absolute Gasteiger partial charge is 0.507 e. The molecule has 0 saturated carbocycles. The Labute approximate surface area is 178 Å². The molecule has 29 heavy (non-hydrogen) atoms. The van der Waals surface area contributed by atoms with E-state index in [4.69, 9.17) is 23.2 Å². The van der Waals surface area contributed by atoms with Crippen molar-refractivity contribution in [2.75, 3.05) is 5.32 Å². The topological polar surface area (TPSA) is 78.4 Å². The van der Waals surface area contributed by atoms with Crippen LogP contribution in [-0.4, -0.2) is 23.0 Å². The lowest BCUT2D eigenvalue weighted by Gasteiger charge is -2.19. The summed E-state index contributed by atoms with van der Waals surface area (Å²) < 4.78 is 0. The van der Waals surface area contributed by atoms with Gasteiger partial charge in [-0.2, -0.15) is 0 Å². The predicted octanol–water partition coefficient (Wildman–Crippen LogP) is 4.68. The zero-order valence-electron chi connectivity index (χ0n) is 15.2. The molecule has 1 atom stereocenters. The quantitative estimate of drug-likeness (QED) is 0.533. The van der Waals surface area contributed by atoms with Crippen molar-refractivity contribution < 1.29 is 14.7 Å². The Morgan fingerprint density at radius 2 is 1.62 bits per heavy atom. The first-order chi connectivity index (χ1) is 13.9. The minimum Gasteiger partial charge on any atom is -0.507 e. The van der Waals surface area contributed by atoms with Gasteiger partial charge in [-0.3, -0.25) is 9.59 Å². The molecule has 0 aliphatic heterocycles. The third-order valence-electron chi connectivity index (χ3n) is 4.20. The molecule has 148 valence electrons. The van der Waals surface area contributed by atoms with Gasteiger partial charge < -0.3 is 15.7 Å². The molecule has 0 aliphatic carbocycles. The van der Waals surface area contributed by atoms with Gasteiger partial charge in [0.05, 0.1) is 5.56 Å². The molecule has 0 unspecified atom stereocenters. The van der Waals surface area contributed by atoms with Crippen LogP contribution in [0.4, 0.5) is 5.69 Å². The van der Waals surface area contributed by atoms with Gasteiger partial charge in [0.1, 0.15) is 11.8 Å². The Kier molecular flexibility index (Phi) is 6.75. The number of phenols is 1. The van der Waals surface area contributed by atoms with E-state index in [-0.39, 0.29) is 17.7 Å². The summed E-state index contributed by atoms with van der Waals surface area (Å²) in [6.45, 7) is 0. The van der Waals surface area contributed by atoms with Crippen LogP contribution in [-0.2, 0) is 11.2 Å². The van der Waals surface area contributed by atoms with Crippen molar-refractivity contribution in [1.29, 1.82) is 0 Å². The third kappa shape index (κ3) is 5.73. The maximum Gasteiger partial charge on any atom is 0.255 e. The number of amides is 2. The van der Waals surface area contributed by atoms with E-state index in [1.54, 1.807) is 24.3 Å². The van der Waals surface area contributed by atoms with E-state index in [9.17, 15) is 14.7 Å². The molecule has 3 N–H and O–H groups in total. The van der Waals surface area contributed by atoms with Gasteiger partial charge in [0.2, 0.25) is 5.91 Å². The summed E-state index contributed by atoms with van der Waals surface area (Å²) in [5, 5.41) is 16.2. The second kappa shape index (κ2) is 9.45. The Morgan fingerprint density at radius 1 is 0.897 bits per heavy atom. The average Bonchev–Trinajstić information content (AvgIpc) is 2.70. The van der Waals surface area contributed by atoms with Crippen LogP contribution in [0.2, 0.25) is 10.0 Å². The van der Waals surface area contributed by atoms with Crippen LogP contribution in [0.1, 0.15) is 15.9 Å². The number of rotatable bonds is 6. The lowest BCUT2D eigenvalue weighted by molar-refractivity contribution is -0.118. The molecule has 3 aromatic carbocycles. The van der Waals surface area contributed by atoms with E-state index < -0.39 is 17.9 Å². The highest BCUT2D eigenvalue weighted by molar-refractivity contribution is 6.31. The number of benzene rings is 3. The van der Waals surface area contributed by atoms with Crippen molar-refractivity contribution in [1.82, 2.24) is 5.32 Å². The highest BCUT2D eigenvalue weighted by Gasteiger charge is 2.23. The lowest BCUT2D eigenvalue weighted by Crippen LogP contribution is -2.45. The van der Waals surface area contributed by atoms with E-state index in [1.165, 1.54) is 18.2 Å². The van der Waals surface area contributed by atoms with Crippen molar-refractivity contribution in [3.05, 3.63) is 94.0 Å². The van der Waals surface area contributed by atoms with Crippen molar-refractivity contribution >= 4 is 40.7 Å². The van der Waals surface area contributed by atoms with E-state index >= 15 is 0 Å². The molecular formula is C22H18Cl2N2O3. The second-order valence-electron chi connectivity index (χ2n) is 6.38. The van der Waals surface area contributed by atoms with Gasteiger partial charge in [0.25, 0.3) is 5.91 Å². The molecule has 0 saturated heterocycles. The Morgan fingerprint density at radius 3 is 2.34 bits per heavy atom. The smallest absolute Gasteiger partial charge is 0.255 e. The van der Waals surface area contributed by atoms with Crippen LogP contribution < -0.4 is 10.6 Å². The monoisotopic (exact) mass is 428 g/mol. The van der Waals surface area contributed by atoms with Gasteiger partial charge in [-0.15, -0.1) is 0 Å². The molecule has 5 nitrogen and oxygen atoms in total. The Hall–Kier alpha value is -3.02.